The molecule has 0 saturated carbocycles. The molecular formula is C27H44N7O17P3S. The molecule has 24 nitrogen and oxygen atoms in total. The summed E-state index contributed by atoms with van der Waals surface area (Å²) in [5, 5.41) is 26.4. The Morgan fingerprint density at radius 1 is 1.11 bits per heavy atom. The van der Waals surface area contributed by atoms with E-state index in [-0.39, 0.29) is 41.7 Å². The number of carbonyl (C=O) groups excluding carboxylic acids is 3. The van der Waals surface area contributed by atoms with E-state index >= 15 is 0 Å². The lowest BCUT2D eigenvalue weighted by atomic mass is 9.87. The molecule has 2 unspecified atom stereocenters. The number of aliphatic hydroxyl groups is 2. The van der Waals surface area contributed by atoms with Crippen LogP contribution < -0.4 is 16.4 Å². The molecule has 1 fully saturated rings. The molecule has 7 atom stereocenters. The van der Waals surface area contributed by atoms with Crippen molar-refractivity contribution in [1.29, 1.82) is 0 Å². The average Bonchev–Trinajstić information content (AvgIpc) is 3.64. The van der Waals surface area contributed by atoms with Crippen LogP contribution in [0.2, 0.25) is 0 Å². The van der Waals surface area contributed by atoms with Crippen molar-refractivity contribution < 1.29 is 80.5 Å². The number of ether oxygens (including phenoxy) is 1. The minimum Gasteiger partial charge on any atom is -0.386 e. The fraction of sp³-hybridized carbons (Fsp3) is 0.630. The SMILES string of the molecule is CCC=C(C)C(=O)c1nc(N)c2ncn([C@@H]3O[C@H](COP(=O)(O)OP(=O)(O)OCC(C)(C)[C@@H](O)C(=O)NCCC(=O)NCCS)[C@@H](OP(=O)(O)O)[C@H]3O)c2n1. The number of aromatic nitrogens is 4. The molecule has 1 aliphatic heterocycles. The lowest BCUT2D eigenvalue weighted by molar-refractivity contribution is -0.137. The Hall–Kier alpha value is -2.70. The number of nitrogens with one attached hydrogen (secondary N) is 2. The zero-order chi connectivity index (χ0) is 41.5. The Morgan fingerprint density at radius 3 is 2.38 bits per heavy atom. The second kappa shape index (κ2) is 19.2. The molecule has 3 heterocycles. The van der Waals surface area contributed by atoms with Gasteiger partial charge < -0.3 is 50.9 Å². The highest BCUT2D eigenvalue weighted by molar-refractivity contribution is 7.80. The van der Waals surface area contributed by atoms with Gasteiger partial charge in [-0.25, -0.2) is 28.6 Å². The molecule has 28 heteroatoms. The second-order valence-corrected chi connectivity index (χ2v) is 17.3. The molecule has 0 radical (unpaired) electrons. The number of fused-ring (bicyclic) bond motifs is 1. The highest BCUT2D eigenvalue weighted by atomic mass is 32.1. The van der Waals surface area contributed by atoms with Gasteiger partial charge in [-0.3, -0.25) is 32.5 Å². The van der Waals surface area contributed by atoms with Crippen LogP contribution in [0.4, 0.5) is 5.82 Å². The first-order chi connectivity index (χ1) is 25.4. The van der Waals surface area contributed by atoms with Crippen LogP contribution in [-0.4, -0.2) is 123 Å². The number of ketones is 1. The number of thiol groups is 1. The number of imidazole rings is 1. The standard InChI is InChI=1S/C27H44N7O17P3S/c1-5-6-14(2)18(36)23-32-22(28)17-24(33-23)34(13-31-17)26-19(37)20(50-52(40,41)42)15(49-26)11-47-53(43,44)51-54(45,46)48-12-27(3,4)21(38)25(39)30-8-7-16(35)29-9-10-55/h6,13,15,19-21,26,37-38,55H,5,7-12H2,1-4H3,(H,29,35)(H,30,39)(H,43,44)(H,45,46)(H2,28,32,33)(H2,40,41,42)/t15-,19-,20-,21+,26-/m1/s1. The van der Waals surface area contributed by atoms with Crippen LogP contribution in [0.25, 0.3) is 11.2 Å². The Bertz CT molecular complexity index is 1890. The molecule has 0 bridgehead atoms. The third-order valence-corrected chi connectivity index (χ3v) is 11.0. The Kier molecular flexibility index (Phi) is 16.3. The predicted octanol–water partition coefficient (Wildman–Crippen LogP) is -0.126. The molecule has 1 saturated heterocycles. The van der Waals surface area contributed by atoms with Gasteiger partial charge in [-0.05, 0) is 18.9 Å². The summed E-state index contributed by atoms with van der Waals surface area (Å²) in [5.41, 5.74) is 4.47. The summed E-state index contributed by atoms with van der Waals surface area (Å²) in [5.74, 6) is -2.11. The van der Waals surface area contributed by atoms with Crippen LogP contribution in [0.1, 0.15) is 57.4 Å². The average molecular weight is 864 g/mol. The maximum Gasteiger partial charge on any atom is 0.481 e. The number of allylic oxidation sites excluding steroid dienone is 2. The summed E-state index contributed by atoms with van der Waals surface area (Å²) >= 11 is 3.95. The van der Waals surface area contributed by atoms with Gasteiger partial charge in [0.1, 0.15) is 29.9 Å². The number of Topliss-reactive ketones (excluding diaryl/α,β-unsaturated/α-hetero) is 1. The fourth-order valence-corrected chi connectivity index (χ4v) is 7.82. The number of nitrogens with two attached hydrogens (primary N) is 1. The van der Waals surface area contributed by atoms with Crippen molar-refractivity contribution in [2.24, 2.45) is 5.41 Å². The number of nitrogen functional groups attached to an aromatic ring is 1. The third-order valence-electron chi connectivity index (χ3n) is 7.64. The van der Waals surface area contributed by atoms with Crippen LogP contribution >= 0.6 is 36.1 Å². The Morgan fingerprint density at radius 2 is 1.76 bits per heavy atom. The number of anilines is 1. The Balaban J connectivity index is 1.71. The van der Waals surface area contributed by atoms with Gasteiger partial charge in [-0.15, -0.1) is 0 Å². The van der Waals surface area contributed by atoms with Crippen LogP contribution in [0, 0.1) is 5.41 Å². The van der Waals surface area contributed by atoms with E-state index in [1.807, 2.05) is 0 Å². The molecule has 2 aromatic heterocycles. The fourth-order valence-electron chi connectivity index (χ4n) is 4.88. The van der Waals surface area contributed by atoms with E-state index in [1.165, 1.54) is 20.8 Å². The van der Waals surface area contributed by atoms with Crippen molar-refractivity contribution in [3.8, 4) is 0 Å². The van der Waals surface area contributed by atoms with Crippen molar-refractivity contribution in [3.63, 3.8) is 0 Å². The highest BCUT2D eigenvalue weighted by Gasteiger charge is 2.50. The molecule has 55 heavy (non-hydrogen) atoms. The van der Waals surface area contributed by atoms with E-state index in [2.05, 4.69) is 47.0 Å². The molecule has 0 aromatic carbocycles. The van der Waals surface area contributed by atoms with Crippen LogP contribution in [-0.2, 0) is 45.9 Å². The van der Waals surface area contributed by atoms with Gasteiger partial charge >= 0.3 is 23.5 Å². The van der Waals surface area contributed by atoms with Crippen molar-refractivity contribution in [1.82, 2.24) is 30.2 Å². The summed E-state index contributed by atoms with van der Waals surface area (Å²) in [7, 11) is -16.5. The summed E-state index contributed by atoms with van der Waals surface area (Å²) in [6.45, 7) is 3.92. The van der Waals surface area contributed by atoms with Crippen molar-refractivity contribution in [2.75, 3.05) is 37.8 Å². The van der Waals surface area contributed by atoms with Gasteiger partial charge in [0, 0.05) is 30.7 Å². The number of phosphoric acid groups is 3. The normalized spacial score (nSPS) is 22.2. The molecular weight excluding hydrogens is 819 g/mol. The number of rotatable bonds is 21. The number of carbonyl (C=O) groups is 3. The number of nitrogens with zero attached hydrogens (tertiary/aromatic N) is 4. The van der Waals surface area contributed by atoms with Gasteiger partial charge in [-0.2, -0.15) is 16.9 Å². The number of aliphatic hydroxyl groups excluding tert-OH is 2. The molecule has 10 N–H and O–H groups in total. The Labute approximate surface area is 319 Å². The second-order valence-electron chi connectivity index (χ2n) is 12.6. The molecule has 2 aromatic rings. The number of amides is 2. The predicted molar refractivity (Wildman–Crippen MR) is 192 cm³/mol. The molecule has 310 valence electrons. The van der Waals surface area contributed by atoms with Crippen molar-refractivity contribution in [2.45, 2.75) is 71.2 Å². The maximum absolute atomic E-state index is 12.9. The monoisotopic (exact) mass is 863 g/mol. The topological polar surface area (TPSA) is 364 Å². The highest BCUT2D eigenvalue weighted by Crippen LogP contribution is 2.61. The summed E-state index contributed by atoms with van der Waals surface area (Å²) < 4.78 is 62.4. The summed E-state index contributed by atoms with van der Waals surface area (Å²) in [6.07, 6.45) is -6.21. The lowest BCUT2D eigenvalue weighted by Crippen LogP contribution is -2.46. The van der Waals surface area contributed by atoms with Crippen LogP contribution in [0.15, 0.2) is 18.0 Å². The van der Waals surface area contributed by atoms with E-state index in [9.17, 15) is 57.9 Å². The number of phosphoric ester groups is 3. The largest absolute Gasteiger partial charge is 0.481 e. The summed E-state index contributed by atoms with van der Waals surface area (Å²) in [4.78, 5) is 88.6. The van der Waals surface area contributed by atoms with Gasteiger partial charge in [0.2, 0.25) is 23.4 Å². The minimum absolute atomic E-state index is 0.0514. The van der Waals surface area contributed by atoms with Crippen LogP contribution in [0.5, 0.6) is 0 Å². The van der Waals surface area contributed by atoms with E-state index < -0.39 is 84.4 Å². The zero-order valence-electron chi connectivity index (χ0n) is 29.8. The number of hydrogen-bond acceptors (Lipinski definition) is 18. The van der Waals surface area contributed by atoms with E-state index in [0.717, 1.165) is 10.9 Å². The van der Waals surface area contributed by atoms with E-state index in [4.69, 9.17) is 19.5 Å². The van der Waals surface area contributed by atoms with Gasteiger partial charge in [0.25, 0.3) is 0 Å². The number of hydrogen-bond donors (Lipinski definition) is 10. The maximum atomic E-state index is 12.9. The quantitative estimate of drug-likeness (QED) is 0.0338. The smallest absolute Gasteiger partial charge is 0.386 e. The first-order valence-corrected chi connectivity index (χ1v) is 21.4. The molecule has 3 rings (SSSR count). The zero-order valence-corrected chi connectivity index (χ0v) is 33.4. The molecule has 0 spiro atoms. The molecule has 2 amide bonds. The lowest BCUT2D eigenvalue weighted by Gasteiger charge is -2.30. The molecule has 0 aliphatic carbocycles. The minimum atomic E-state index is -5.61. The van der Waals surface area contributed by atoms with E-state index in [0.29, 0.717) is 24.3 Å². The first kappa shape index (κ1) is 46.7. The third kappa shape index (κ3) is 13.2. The molecule has 1 aliphatic rings. The van der Waals surface area contributed by atoms with Crippen molar-refractivity contribution in [3.05, 3.63) is 23.8 Å². The first-order valence-electron chi connectivity index (χ1n) is 16.2. The van der Waals surface area contributed by atoms with Gasteiger partial charge in [0.15, 0.2) is 17.7 Å². The van der Waals surface area contributed by atoms with Gasteiger partial charge in [-0.1, -0.05) is 26.8 Å². The van der Waals surface area contributed by atoms with E-state index in [1.54, 1.807) is 13.0 Å². The summed E-state index contributed by atoms with van der Waals surface area (Å²) in [6, 6.07) is 0. The van der Waals surface area contributed by atoms with Crippen molar-refractivity contribution >= 4 is 70.7 Å². The van der Waals surface area contributed by atoms with Crippen LogP contribution in [0.3, 0.4) is 0 Å². The van der Waals surface area contributed by atoms with Gasteiger partial charge in [0.05, 0.1) is 19.5 Å².